The van der Waals surface area contributed by atoms with Crippen molar-refractivity contribution >= 4 is 25.7 Å². The first-order valence-electron chi connectivity index (χ1n) is 31.8. The van der Waals surface area contributed by atoms with Crippen LogP contribution in [0.1, 0.15) is 290 Å². The van der Waals surface area contributed by atoms with E-state index in [9.17, 15) is 28.9 Å². The number of esters is 3. The first-order chi connectivity index (χ1) is 38.2. The molecule has 0 aliphatic carbocycles. The molecule has 0 aliphatic heterocycles. The minimum Gasteiger partial charge on any atom is -0.462 e. The summed E-state index contributed by atoms with van der Waals surface area (Å²) in [7, 11) is -4.76. The van der Waals surface area contributed by atoms with Crippen LogP contribution in [0.15, 0.2) is 72.9 Å². The number of carbonyl (C=O) groups is 3. The topological polar surface area (TPSA) is 155 Å². The van der Waals surface area contributed by atoms with Gasteiger partial charge in [-0.25, -0.2) is 4.57 Å². The second-order valence-corrected chi connectivity index (χ2v) is 22.7. The normalized spacial score (nSPS) is 13.8. The van der Waals surface area contributed by atoms with Crippen molar-refractivity contribution in [3.63, 3.8) is 0 Å². The molecule has 0 radical (unpaired) electrons. The van der Waals surface area contributed by atoms with Gasteiger partial charge in [0, 0.05) is 19.3 Å². The van der Waals surface area contributed by atoms with Crippen molar-refractivity contribution in [2.24, 2.45) is 0 Å². The predicted octanol–water partition coefficient (Wildman–Crippen LogP) is 19.3. The zero-order chi connectivity index (χ0) is 56.9. The zero-order valence-corrected chi connectivity index (χ0v) is 51.0. The van der Waals surface area contributed by atoms with Gasteiger partial charge in [0.25, 0.3) is 0 Å². The Kier molecular flexibility index (Phi) is 57.7. The van der Waals surface area contributed by atoms with Gasteiger partial charge >= 0.3 is 25.7 Å². The van der Waals surface area contributed by atoms with Gasteiger partial charge in [0.1, 0.15) is 12.7 Å². The number of aliphatic hydroxyl groups is 1. The minimum atomic E-state index is -4.76. The molecule has 452 valence electrons. The monoisotopic (exact) mass is 1120 g/mol. The first-order valence-corrected chi connectivity index (χ1v) is 33.3. The van der Waals surface area contributed by atoms with Crippen molar-refractivity contribution in [1.29, 1.82) is 0 Å². The minimum absolute atomic E-state index is 0.155. The lowest BCUT2D eigenvalue weighted by molar-refractivity contribution is -0.161. The maximum absolute atomic E-state index is 12.9. The fourth-order valence-corrected chi connectivity index (χ4v) is 9.57. The van der Waals surface area contributed by atoms with E-state index in [4.69, 9.17) is 23.3 Å². The van der Waals surface area contributed by atoms with Gasteiger partial charge in [0.05, 0.1) is 19.8 Å². The summed E-state index contributed by atoms with van der Waals surface area (Å²) in [6.45, 7) is 4.53. The molecule has 0 spiro atoms. The summed E-state index contributed by atoms with van der Waals surface area (Å²) < 4.78 is 39.7. The van der Waals surface area contributed by atoms with Crippen molar-refractivity contribution in [2.45, 2.75) is 303 Å². The van der Waals surface area contributed by atoms with Crippen molar-refractivity contribution in [3.05, 3.63) is 72.9 Å². The van der Waals surface area contributed by atoms with Gasteiger partial charge < -0.3 is 24.2 Å². The summed E-state index contributed by atoms with van der Waals surface area (Å²) in [5.74, 6) is -1.48. The molecule has 0 fully saturated rings. The molecule has 2 N–H and O–H groups in total. The quantitative estimate of drug-likeness (QED) is 0.0197. The average Bonchev–Trinajstić information content (AvgIpc) is 3.43. The lowest BCUT2D eigenvalue weighted by atomic mass is 10.0. The number of hydrogen-bond donors (Lipinski definition) is 2. The first kappa shape index (κ1) is 74.9. The number of allylic oxidation sites excluding steroid dienone is 12. The van der Waals surface area contributed by atoms with Crippen LogP contribution in [0.4, 0.5) is 0 Å². The highest BCUT2D eigenvalue weighted by molar-refractivity contribution is 7.47. The number of rotatable bonds is 59. The molecule has 11 nitrogen and oxygen atoms in total. The predicted molar refractivity (Wildman–Crippen MR) is 325 cm³/mol. The van der Waals surface area contributed by atoms with E-state index in [1.54, 1.807) is 0 Å². The van der Waals surface area contributed by atoms with E-state index < -0.39 is 57.8 Å². The number of unbranched alkanes of at least 4 members (excludes halogenated alkanes) is 30. The Morgan fingerprint density at radius 1 is 0.372 bits per heavy atom. The molecule has 0 saturated carbocycles. The highest BCUT2D eigenvalue weighted by Gasteiger charge is 2.28. The third-order valence-corrected chi connectivity index (χ3v) is 14.6. The van der Waals surface area contributed by atoms with Crippen LogP contribution in [0.2, 0.25) is 0 Å². The zero-order valence-electron chi connectivity index (χ0n) is 50.1. The molecule has 0 aromatic heterocycles. The van der Waals surface area contributed by atoms with Crippen LogP contribution >= 0.6 is 7.82 Å². The summed E-state index contributed by atoms with van der Waals surface area (Å²) in [5.41, 5.74) is 0. The van der Waals surface area contributed by atoms with Crippen LogP contribution in [0.3, 0.4) is 0 Å². The Labute approximate surface area is 478 Å². The number of phosphoric acid groups is 1. The van der Waals surface area contributed by atoms with Gasteiger partial charge in [-0.05, 0) is 89.9 Å². The van der Waals surface area contributed by atoms with Gasteiger partial charge in [0.2, 0.25) is 0 Å². The smallest absolute Gasteiger partial charge is 0.462 e. The average molecular weight is 1120 g/mol. The standard InChI is InChI=1S/C66H117O11P/c1-4-7-10-13-16-19-22-25-28-30-31-33-35-37-40-43-46-49-52-55-64(68)73-59-63(77-66(70)57-54-51-48-45-42-39-36-32-29-26-23-20-17-14-11-8-5-2)61-75-78(71,72)74-60-62(58-67)76-65(69)56-53-50-47-44-41-38-34-27-24-21-18-15-12-9-6-3/h7,10,16-17,19-20,25-26,28-29,31,33,62-63,67H,4-6,8-9,11-15,18,21-24,27,30,32,34-61H2,1-3H3,(H,71,72)/b10-7-,19-16-,20-17-,28-25-,29-26-,33-31-. The van der Waals surface area contributed by atoms with Crippen LogP contribution in [-0.4, -0.2) is 66.5 Å². The van der Waals surface area contributed by atoms with Gasteiger partial charge in [-0.1, -0.05) is 254 Å². The third kappa shape index (κ3) is 57.6. The molecule has 0 bridgehead atoms. The van der Waals surface area contributed by atoms with E-state index in [0.717, 1.165) is 122 Å². The molecule has 0 aromatic rings. The second-order valence-electron chi connectivity index (χ2n) is 21.2. The molecule has 0 rings (SSSR count). The highest BCUT2D eigenvalue weighted by atomic mass is 31.2. The van der Waals surface area contributed by atoms with Gasteiger partial charge in [-0.3, -0.25) is 23.4 Å². The lowest BCUT2D eigenvalue weighted by Crippen LogP contribution is -2.30. The van der Waals surface area contributed by atoms with Crippen LogP contribution in [0, 0.1) is 0 Å². The fourth-order valence-electron chi connectivity index (χ4n) is 8.79. The van der Waals surface area contributed by atoms with Crippen LogP contribution in [-0.2, 0) is 42.2 Å². The maximum atomic E-state index is 12.9. The Morgan fingerprint density at radius 3 is 1.05 bits per heavy atom. The second kappa shape index (κ2) is 60.0. The van der Waals surface area contributed by atoms with Crippen molar-refractivity contribution in [1.82, 2.24) is 0 Å². The Morgan fingerprint density at radius 2 is 0.667 bits per heavy atom. The highest BCUT2D eigenvalue weighted by Crippen LogP contribution is 2.43. The van der Waals surface area contributed by atoms with Crippen LogP contribution < -0.4 is 0 Å². The Balaban J connectivity index is 4.73. The van der Waals surface area contributed by atoms with E-state index in [-0.39, 0.29) is 25.9 Å². The molecule has 0 aromatic carbocycles. The molecule has 78 heavy (non-hydrogen) atoms. The number of hydrogen-bond acceptors (Lipinski definition) is 10. The molecule has 0 heterocycles. The molecule has 3 atom stereocenters. The largest absolute Gasteiger partial charge is 0.472 e. The summed E-state index contributed by atoms with van der Waals surface area (Å²) >= 11 is 0. The van der Waals surface area contributed by atoms with Gasteiger partial charge in [0.15, 0.2) is 6.10 Å². The van der Waals surface area contributed by atoms with Crippen LogP contribution in [0.25, 0.3) is 0 Å². The van der Waals surface area contributed by atoms with E-state index in [1.165, 1.54) is 109 Å². The SMILES string of the molecule is CC/C=C\C/C=C\C/C=C\C/C=C\CCCCCCCCC(=O)OCC(COP(=O)(O)OCC(CO)OC(=O)CCCCCCCCCCCCCCCCC)OC(=O)CCCCCCCCC/C=C\C/C=C\CCCCC. The van der Waals surface area contributed by atoms with Crippen molar-refractivity contribution in [2.75, 3.05) is 26.4 Å². The van der Waals surface area contributed by atoms with E-state index in [1.807, 2.05) is 0 Å². The molecule has 3 unspecified atom stereocenters. The number of carbonyl (C=O) groups excluding carboxylic acids is 3. The fraction of sp³-hybridized carbons (Fsp3) is 0.773. The van der Waals surface area contributed by atoms with Crippen LogP contribution in [0.5, 0.6) is 0 Å². The summed E-state index contributed by atoms with van der Waals surface area (Å²) in [6.07, 6.45) is 68.4. The summed E-state index contributed by atoms with van der Waals surface area (Å²) in [6, 6.07) is 0. The van der Waals surface area contributed by atoms with Crippen molar-refractivity contribution < 1.29 is 52.2 Å². The molecule has 0 saturated heterocycles. The molecule has 0 amide bonds. The van der Waals surface area contributed by atoms with Gasteiger partial charge in [-0.2, -0.15) is 0 Å². The van der Waals surface area contributed by atoms with E-state index in [0.29, 0.717) is 19.3 Å². The van der Waals surface area contributed by atoms with Crippen molar-refractivity contribution in [3.8, 4) is 0 Å². The summed E-state index contributed by atoms with van der Waals surface area (Å²) in [5, 5.41) is 9.85. The number of ether oxygens (including phenoxy) is 3. The number of aliphatic hydroxyl groups excluding tert-OH is 1. The van der Waals surface area contributed by atoms with E-state index in [2.05, 4.69) is 93.7 Å². The maximum Gasteiger partial charge on any atom is 0.472 e. The molecular weight excluding hydrogens is 1000 g/mol. The molecular formula is C66H117O11P. The van der Waals surface area contributed by atoms with E-state index >= 15 is 0 Å². The summed E-state index contributed by atoms with van der Waals surface area (Å²) in [4.78, 5) is 48.7. The third-order valence-electron chi connectivity index (χ3n) is 13.6. The van der Waals surface area contributed by atoms with Gasteiger partial charge in [-0.15, -0.1) is 0 Å². The lowest BCUT2D eigenvalue weighted by Gasteiger charge is -2.21. The Hall–Kier alpha value is -3.08. The Bertz CT molecular complexity index is 1590. The molecule has 0 aliphatic rings. The molecule has 12 heteroatoms. The number of phosphoric ester groups is 1.